The summed E-state index contributed by atoms with van der Waals surface area (Å²) in [4.78, 5) is 24.4. The minimum Gasteiger partial charge on any atom is -0.481 e. The van der Waals surface area contributed by atoms with E-state index in [1.807, 2.05) is 0 Å². The molecule has 4 fully saturated rings. The number of aliphatic carboxylic acids is 1. The van der Waals surface area contributed by atoms with Crippen LogP contribution in [0.4, 0.5) is 0 Å². The summed E-state index contributed by atoms with van der Waals surface area (Å²) < 4.78 is 0. The van der Waals surface area contributed by atoms with Gasteiger partial charge in [-0.2, -0.15) is 0 Å². The second-order valence-electron chi connectivity index (χ2n) is 11.3. The molecule has 0 radical (unpaired) electrons. The lowest BCUT2D eigenvalue weighted by atomic mass is 9.43. The van der Waals surface area contributed by atoms with Gasteiger partial charge in [-0.05, 0) is 80.0 Å². The van der Waals surface area contributed by atoms with E-state index in [2.05, 4.69) is 20.8 Å². The molecule has 0 spiro atoms. The standard InChI is InChI=1S/C24H38O5/c1-13(4-7-21(28)29)16-5-6-17-22-18(12-20(27)24(16,17)3)23(2)9-8-15(25)10-14(23)11-19(22)26/h13-18,20,22,25,27H,4-12H2,1-3H3,(H,28,29)/t13-,14+,15-,16?,17?,18?,20+,22?,23+,24-/m1/s1. The van der Waals surface area contributed by atoms with Crippen molar-refractivity contribution in [2.24, 2.45) is 46.3 Å². The van der Waals surface area contributed by atoms with E-state index in [0.29, 0.717) is 25.0 Å². The first-order chi connectivity index (χ1) is 13.6. The Kier molecular flexibility index (Phi) is 5.39. The molecule has 0 aromatic rings. The average molecular weight is 407 g/mol. The van der Waals surface area contributed by atoms with Crippen molar-refractivity contribution in [2.75, 3.05) is 0 Å². The van der Waals surface area contributed by atoms with Gasteiger partial charge in [-0.1, -0.05) is 20.8 Å². The Bertz CT molecular complexity index is 676. The summed E-state index contributed by atoms with van der Waals surface area (Å²) >= 11 is 0. The van der Waals surface area contributed by atoms with Crippen LogP contribution < -0.4 is 0 Å². The quantitative estimate of drug-likeness (QED) is 0.662. The molecule has 4 aliphatic carbocycles. The lowest BCUT2D eigenvalue weighted by Gasteiger charge is -2.61. The summed E-state index contributed by atoms with van der Waals surface area (Å²) in [6.45, 7) is 6.62. The second-order valence-corrected chi connectivity index (χ2v) is 11.3. The van der Waals surface area contributed by atoms with Crippen molar-refractivity contribution in [1.29, 1.82) is 0 Å². The van der Waals surface area contributed by atoms with E-state index in [9.17, 15) is 19.8 Å². The van der Waals surface area contributed by atoms with Crippen molar-refractivity contribution in [2.45, 2.75) is 90.8 Å². The Morgan fingerprint density at radius 2 is 1.86 bits per heavy atom. The topological polar surface area (TPSA) is 94.8 Å². The third kappa shape index (κ3) is 3.18. The molecule has 0 aliphatic heterocycles. The van der Waals surface area contributed by atoms with Gasteiger partial charge in [0.25, 0.3) is 0 Å². The molecule has 164 valence electrons. The molecule has 5 nitrogen and oxygen atoms in total. The largest absolute Gasteiger partial charge is 0.481 e. The molecule has 0 aromatic heterocycles. The molecule has 0 amide bonds. The maximum absolute atomic E-state index is 13.4. The van der Waals surface area contributed by atoms with Crippen LogP contribution in [0.5, 0.6) is 0 Å². The molecule has 10 atom stereocenters. The van der Waals surface area contributed by atoms with E-state index < -0.39 is 12.1 Å². The predicted octanol–water partition coefficient (Wildman–Crippen LogP) is 3.66. The van der Waals surface area contributed by atoms with Crippen molar-refractivity contribution in [1.82, 2.24) is 0 Å². The molecule has 0 saturated heterocycles. The lowest BCUT2D eigenvalue weighted by molar-refractivity contribution is -0.182. The second kappa shape index (κ2) is 7.33. The van der Waals surface area contributed by atoms with Crippen LogP contribution in [0.25, 0.3) is 0 Å². The molecule has 29 heavy (non-hydrogen) atoms. The van der Waals surface area contributed by atoms with Crippen LogP contribution in [0.3, 0.4) is 0 Å². The zero-order valence-corrected chi connectivity index (χ0v) is 18.1. The first kappa shape index (κ1) is 21.3. The molecule has 4 aliphatic rings. The van der Waals surface area contributed by atoms with Crippen molar-refractivity contribution in [3.05, 3.63) is 0 Å². The van der Waals surface area contributed by atoms with E-state index in [0.717, 1.165) is 32.1 Å². The Hall–Kier alpha value is -0.940. The number of carbonyl (C=O) groups excluding carboxylic acids is 1. The van der Waals surface area contributed by atoms with Crippen LogP contribution in [0.2, 0.25) is 0 Å². The van der Waals surface area contributed by atoms with E-state index in [4.69, 9.17) is 5.11 Å². The maximum Gasteiger partial charge on any atom is 0.303 e. The number of hydrogen-bond acceptors (Lipinski definition) is 4. The van der Waals surface area contributed by atoms with E-state index in [1.165, 1.54) is 0 Å². The van der Waals surface area contributed by atoms with Crippen LogP contribution in [-0.2, 0) is 9.59 Å². The number of aliphatic hydroxyl groups excluding tert-OH is 2. The number of ketones is 1. The Labute approximate surface area is 174 Å². The van der Waals surface area contributed by atoms with Gasteiger partial charge >= 0.3 is 5.97 Å². The number of carboxylic acid groups (broad SMARTS) is 1. The van der Waals surface area contributed by atoms with E-state index in [-0.39, 0.29) is 58.9 Å². The third-order valence-corrected chi connectivity index (χ3v) is 10.1. The highest BCUT2D eigenvalue weighted by atomic mass is 16.4. The molecule has 4 saturated carbocycles. The predicted molar refractivity (Wildman–Crippen MR) is 109 cm³/mol. The zero-order valence-electron chi connectivity index (χ0n) is 18.1. The Morgan fingerprint density at radius 3 is 2.55 bits per heavy atom. The molecule has 0 heterocycles. The van der Waals surface area contributed by atoms with Gasteiger partial charge < -0.3 is 15.3 Å². The zero-order chi connectivity index (χ0) is 21.1. The smallest absolute Gasteiger partial charge is 0.303 e. The van der Waals surface area contributed by atoms with Crippen LogP contribution in [0, 0.1) is 46.3 Å². The highest BCUT2D eigenvalue weighted by molar-refractivity contribution is 5.83. The fraction of sp³-hybridized carbons (Fsp3) is 0.917. The average Bonchev–Trinajstić information content (AvgIpc) is 3.01. The summed E-state index contributed by atoms with van der Waals surface area (Å²) in [5, 5.41) is 30.7. The Morgan fingerprint density at radius 1 is 1.14 bits per heavy atom. The van der Waals surface area contributed by atoms with Crippen molar-refractivity contribution < 1.29 is 24.9 Å². The van der Waals surface area contributed by atoms with Gasteiger partial charge in [0.15, 0.2) is 0 Å². The number of hydrogen-bond donors (Lipinski definition) is 3. The number of Topliss-reactive ketones (excluding diaryl/α,β-unsaturated/α-hetero) is 1. The Balaban J connectivity index is 1.62. The molecular formula is C24H38O5. The highest BCUT2D eigenvalue weighted by Gasteiger charge is 2.65. The van der Waals surface area contributed by atoms with Gasteiger partial charge in [-0.15, -0.1) is 0 Å². The van der Waals surface area contributed by atoms with Crippen LogP contribution in [-0.4, -0.2) is 39.3 Å². The minimum absolute atomic E-state index is 0.0246. The van der Waals surface area contributed by atoms with E-state index in [1.54, 1.807) is 0 Å². The first-order valence-corrected chi connectivity index (χ1v) is 11.7. The summed E-state index contributed by atoms with van der Waals surface area (Å²) in [5.74, 6) is 0.775. The van der Waals surface area contributed by atoms with Gasteiger partial charge in [0, 0.05) is 24.2 Å². The number of carbonyl (C=O) groups is 2. The number of fused-ring (bicyclic) bond motifs is 5. The van der Waals surface area contributed by atoms with Gasteiger partial charge in [0.2, 0.25) is 0 Å². The summed E-state index contributed by atoms with van der Waals surface area (Å²) in [7, 11) is 0. The monoisotopic (exact) mass is 406 g/mol. The molecule has 0 aromatic carbocycles. The fourth-order valence-corrected chi connectivity index (χ4v) is 8.40. The normalized spacial score (nSPS) is 50.4. The van der Waals surface area contributed by atoms with Crippen LogP contribution >= 0.6 is 0 Å². The SMILES string of the molecule is C[C@H](CCC(=O)O)C1CCC2C3C(=O)C[C@@H]4C[C@H](O)CC[C@]4(C)C3C[C@H](O)[C@@]21C. The van der Waals surface area contributed by atoms with Crippen LogP contribution in [0.15, 0.2) is 0 Å². The van der Waals surface area contributed by atoms with Gasteiger partial charge in [-0.25, -0.2) is 0 Å². The van der Waals surface area contributed by atoms with Gasteiger partial charge in [0.05, 0.1) is 12.2 Å². The van der Waals surface area contributed by atoms with Crippen molar-refractivity contribution in [3.63, 3.8) is 0 Å². The minimum atomic E-state index is -0.762. The highest BCUT2D eigenvalue weighted by Crippen LogP contribution is 2.67. The van der Waals surface area contributed by atoms with Gasteiger partial charge in [0.1, 0.15) is 5.78 Å². The molecule has 3 N–H and O–H groups in total. The van der Waals surface area contributed by atoms with Crippen LogP contribution in [0.1, 0.15) is 78.6 Å². The fourth-order valence-electron chi connectivity index (χ4n) is 8.40. The maximum atomic E-state index is 13.4. The first-order valence-electron chi connectivity index (χ1n) is 11.7. The van der Waals surface area contributed by atoms with E-state index >= 15 is 0 Å². The number of carboxylic acids is 1. The van der Waals surface area contributed by atoms with Crippen molar-refractivity contribution >= 4 is 11.8 Å². The lowest BCUT2D eigenvalue weighted by Crippen LogP contribution is -2.61. The van der Waals surface area contributed by atoms with Gasteiger partial charge in [-0.3, -0.25) is 9.59 Å². The molecule has 0 bridgehead atoms. The molecule has 5 heteroatoms. The number of rotatable bonds is 4. The summed E-state index contributed by atoms with van der Waals surface area (Å²) in [6.07, 6.45) is 5.74. The van der Waals surface area contributed by atoms with Crippen molar-refractivity contribution in [3.8, 4) is 0 Å². The summed E-state index contributed by atoms with van der Waals surface area (Å²) in [6, 6.07) is 0. The third-order valence-electron chi connectivity index (χ3n) is 10.1. The molecular weight excluding hydrogens is 368 g/mol. The number of aliphatic hydroxyl groups is 2. The molecule has 4 unspecified atom stereocenters. The molecule has 4 rings (SSSR count). The summed E-state index contributed by atoms with van der Waals surface area (Å²) in [5.41, 5.74) is -0.265.